The fraction of sp³-hybridized carbons (Fsp3) is 0.692. The SMILES string of the molecule is Cc1c(CC(=O)CC2CCS(=O)(=O)C2)cc(Cl)cc1CN1CCN(C(=O)C2CCCC2)[C@@H](C)C1. The first-order chi connectivity index (χ1) is 16.1. The van der Waals surface area contributed by atoms with E-state index in [1.807, 2.05) is 19.1 Å². The highest BCUT2D eigenvalue weighted by Crippen LogP contribution is 2.29. The number of benzene rings is 1. The molecule has 2 atom stereocenters. The van der Waals surface area contributed by atoms with Gasteiger partial charge < -0.3 is 4.90 Å². The van der Waals surface area contributed by atoms with Gasteiger partial charge in [0.05, 0.1) is 11.5 Å². The Kier molecular flexibility index (Phi) is 8.05. The van der Waals surface area contributed by atoms with Crippen LogP contribution in [0.3, 0.4) is 0 Å². The van der Waals surface area contributed by atoms with Crippen molar-refractivity contribution >= 4 is 33.1 Å². The van der Waals surface area contributed by atoms with Crippen LogP contribution in [-0.4, -0.2) is 67.1 Å². The number of carbonyl (C=O) groups excluding carboxylic acids is 2. The molecule has 1 aromatic carbocycles. The minimum Gasteiger partial charge on any atom is -0.337 e. The Bertz CT molecular complexity index is 1040. The molecule has 0 aromatic heterocycles. The lowest BCUT2D eigenvalue weighted by Gasteiger charge is -2.41. The maximum absolute atomic E-state index is 12.9. The summed E-state index contributed by atoms with van der Waals surface area (Å²) in [5.74, 6) is 0.898. The molecule has 1 unspecified atom stereocenters. The average molecular weight is 509 g/mol. The molecule has 0 bridgehead atoms. The van der Waals surface area contributed by atoms with Crippen molar-refractivity contribution in [1.29, 1.82) is 0 Å². The zero-order valence-electron chi connectivity index (χ0n) is 20.4. The van der Waals surface area contributed by atoms with Gasteiger partial charge >= 0.3 is 0 Å². The van der Waals surface area contributed by atoms with Crippen LogP contribution in [0.1, 0.15) is 62.1 Å². The van der Waals surface area contributed by atoms with Crippen molar-refractivity contribution < 1.29 is 18.0 Å². The maximum Gasteiger partial charge on any atom is 0.226 e. The number of piperazine rings is 1. The molecule has 8 heteroatoms. The second-order valence-corrected chi connectivity index (χ2v) is 13.3. The molecule has 188 valence electrons. The van der Waals surface area contributed by atoms with Gasteiger partial charge in [-0.15, -0.1) is 0 Å². The quantitative estimate of drug-likeness (QED) is 0.560. The lowest BCUT2D eigenvalue weighted by molar-refractivity contribution is -0.140. The predicted octanol–water partition coefficient (Wildman–Crippen LogP) is 3.81. The molecule has 1 saturated carbocycles. The first-order valence-corrected chi connectivity index (χ1v) is 14.8. The highest BCUT2D eigenvalue weighted by molar-refractivity contribution is 7.91. The summed E-state index contributed by atoms with van der Waals surface area (Å²) in [6.45, 7) is 7.33. The van der Waals surface area contributed by atoms with E-state index in [1.165, 1.54) is 12.8 Å². The van der Waals surface area contributed by atoms with Gasteiger partial charge in [-0.1, -0.05) is 24.4 Å². The van der Waals surface area contributed by atoms with Crippen LogP contribution in [0.4, 0.5) is 0 Å². The summed E-state index contributed by atoms with van der Waals surface area (Å²) in [6, 6.07) is 4.03. The van der Waals surface area contributed by atoms with Crippen LogP contribution in [0.5, 0.6) is 0 Å². The Morgan fingerprint density at radius 3 is 2.44 bits per heavy atom. The maximum atomic E-state index is 12.9. The molecule has 34 heavy (non-hydrogen) atoms. The molecule has 2 heterocycles. The van der Waals surface area contributed by atoms with Gasteiger partial charge in [-0.05, 0) is 67.9 Å². The van der Waals surface area contributed by atoms with Crippen molar-refractivity contribution in [3.8, 4) is 0 Å². The number of hydrogen-bond donors (Lipinski definition) is 0. The summed E-state index contributed by atoms with van der Waals surface area (Å²) in [7, 11) is -2.97. The number of halogens is 1. The molecule has 4 rings (SSSR count). The van der Waals surface area contributed by atoms with E-state index in [2.05, 4.69) is 16.7 Å². The molecular weight excluding hydrogens is 472 g/mol. The molecular formula is C26H37ClN2O4S. The van der Waals surface area contributed by atoms with Gasteiger partial charge in [-0.2, -0.15) is 0 Å². The number of nitrogens with zero attached hydrogens (tertiary/aromatic N) is 2. The number of sulfone groups is 1. The van der Waals surface area contributed by atoms with Crippen LogP contribution in [0, 0.1) is 18.8 Å². The van der Waals surface area contributed by atoms with E-state index in [9.17, 15) is 18.0 Å². The third-order valence-corrected chi connectivity index (χ3v) is 9.97. The minimum atomic E-state index is -2.97. The first-order valence-electron chi connectivity index (χ1n) is 12.6. The fourth-order valence-electron chi connectivity index (χ4n) is 5.94. The van der Waals surface area contributed by atoms with Crippen molar-refractivity contribution in [3.63, 3.8) is 0 Å². The zero-order valence-corrected chi connectivity index (χ0v) is 22.0. The van der Waals surface area contributed by atoms with Crippen molar-refractivity contribution in [2.24, 2.45) is 11.8 Å². The van der Waals surface area contributed by atoms with Gasteiger partial charge in [-0.3, -0.25) is 14.5 Å². The van der Waals surface area contributed by atoms with Crippen molar-refractivity contribution in [1.82, 2.24) is 9.80 Å². The van der Waals surface area contributed by atoms with E-state index in [0.29, 0.717) is 23.8 Å². The van der Waals surface area contributed by atoms with Crippen molar-refractivity contribution in [2.75, 3.05) is 31.1 Å². The summed E-state index contributed by atoms with van der Waals surface area (Å²) in [4.78, 5) is 30.1. The molecule has 0 radical (unpaired) electrons. The summed E-state index contributed by atoms with van der Waals surface area (Å²) < 4.78 is 23.4. The summed E-state index contributed by atoms with van der Waals surface area (Å²) in [5, 5.41) is 0.620. The Hall–Kier alpha value is -1.44. The second-order valence-electron chi connectivity index (χ2n) is 10.6. The summed E-state index contributed by atoms with van der Waals surface area (Å²) >= 11 is 6.43. The fourth-order valence-corrected chi connectivity index (χ4v) is 8.06. The van der Waals surface area contributed by atoms with Crippen molar-refractivity contribution in [3.05, 3.63) is 33.8 Å². The zero-order chi connectivity index (χ0) is 24.5. The van der Waals surface area contributed by atoms with Crippen LogP contribution in [0.2, 0.25) is 5.02 Å². The van der Waals surface area contributed by atoms with E-state index in [1.54, 1.807) is 0 Å². The van der Waals surface area contributed by atoms with E-state index in [-0.39, 0.29) is 41.6 Å². The number of rotatable bonds is 7. The predicted molar refractivity (Wildman–Crippen MR) is 135 cm³/mol. The highest BCUT2D eigenvalue weighted by atomic mass is 35.5. The molecule has 2 saturated heterocycles. The molecule has 1 aliphatic carbocycles. The van der Waals surface area contributed by atoms with Gasteiger partial charge in [0, 0.05) is 56.0 Å². The molecule has 0 N–H and O–H groups in total. The average Bonchev–Trinajstić information content (AvgIpc) is 3.40. The van der Waals surface area contributed by atoms with E-state index in [0.717, 1.165) is 55.7 Å². The van der Waals surface area contributed by atoms with Gasteiger partial charge in [0.1, 0.15) is 5.78 Å². The summed E-state index contributed by atoms with van der Waals surface area (Å²) in [5.41, 5.74) is 3.12. The number of ketones is 1. The van der Waals surface area contributed by atoms with Gasteiger partial charge in [0.2, 0.25) is 5.91 Å². The van der Waals surface area contributed by atoms with Crippen LogP contribution >= 0.6 is 11.6 Å². The van der Waals surface area contributed by atoms with Crippen molar-refractivity contribution in [2.45, 2.75) is 71.4 Å². The van der Waals surface area contributed by atoms with E-state index < -0.39 is 9.84 Å². The van der Waals surface area contributed by atoms with E-state index >= 15 is 0 Å². The number of amides is 1. The lowest BCUT2D eigenvalue weighted by atomic mass is 9.94. The van der Waals surface area contributed by atoms with Gasteiger partial charge in [0.25, 0.3) is 0 Å². The largest absolute Gasteiger partial charge is 0.337 e. The Morgan fingerprint density at radius 2 is 1.79 bits per heavy atom. The summed E-state index contributed by atoms with van der Waals surface area (Å²) in [6.07, 6.45) is 5.59. The minimum absolute atomic E-state index is 0.0545. The Labute approximate surface area is 208 Å². The topological polar surface area (TPSA) is 74.8 Å². The third-order valence-electron chi connectivity index (χ3n) is 7.91. The van der Waals surface area contributed by atoms with Crippen LogP contribution in [0.15, 0.2) is 12.1 Å². The first kappa shape index (κ1) is 25.6. The monoisotopic (exact) mass is 508 g/mol. The normalized spacial score (nSPS) is 25.7. The molecule has 1 aromatic rings. The number of Topliss-reactive ketones (excluding diaryl/α,β-unsaturated/α-hetero) is 1. The number of carbonyl (C=O) groups is 2. The molecule has 3 aliphatic rings. The molecule has 1 amide bonds. The molecule has 2 aliphatic heterocycles. The van der Waals surface area contributed by atoms with Gasteiger partial charge in [0.15, 0.2) is 9.84 Å². The Morgan fingerprint density at radius 1 is 1.09 bits per heavy atom. The van der Waals surface area contributed by atoms with Gasteiger partial charge in [-0.25, -0.2) is 8.42 Å². The second kappa shape index (κ2) is 10.7. The van der Waals surface area contributed by atoms with E-state index in [4.69, 9.17) is 11.6 Å². The van der Waals surface area contributed by atoms with Crippen LogP contribution in [0.25, 0.3) is 0 Å². The molecule has 6 nitrogen and oxygen atoms in total. The smallest absolute Gasteiger partial charge is 0.226 e. The lowest BCUT2D eigenvalue weighted by Crippen LogP contribution is -2.54. The third kappa shape index (κ3) is 6.21. The standard InChI is InChI=1S/C26H37ClN2O4S/c1-18-15-28(8-9-29(18)26(31)21-5-3-4-6-21)16-23-13-24(27)12-22(19(23)2)14-25(30)11-20-7-10-34(32,33)17-20/h12-13,18,20-21H,3-11,14-17H2,1-2H3/t18-,20?/m0/s1. The molecule has 3 fully saturated rings. The van der Waals surface area contributed by atoms with Crippen LogP contribution in [-0.2, 0) is 32.4 Å². The van der Waals surface area contributed by atoms with Crippen LogP contribution < -0.4 is 0 Å². The number of hydrogen-bond acceptors (Lipinski definition) is 5. The molecule has 0 spiro atoms. The highest BCUT2D eigenvalue weighted by Gasteiger charge is 2.33. The Balaban J connectivity index is 1.36.